The van der Waals surface area contributed by atoms with E-state index in [1.165, 1.54) is 12.1 Å². The van der Waals surface area contributed by atoms with Crippen molar-refractivity contribution in [3.63, 3.8) is 0 Å². The van der Waals surface area contributed by atoms with Crippen LogP contribution in [0.5, 0.6) is 0 Å². The summed E-state index contributed by atoms with van der Waals surface area (Å²) in [6, 6.07) is 8.94. The summed E-state index contributed by atoms with van der Waals surface area (Å²) in [5, 5.41) is 11.4. The van der Waals surface area contributed by atoms with Crippen molar-refractivity contribution in [1.29, 1.82) is 0 Å². The Balaban J connectivity index is 1.26. The maximum atomic E-state index is 14.0. The number of halogens is 4. The van der Waals surface area contributed by atoms with Gasteiger partial charge in [-0.2, -0.15) is 17.6 Å². The Bertz CT molecular complexity index is 1250. The normalized spacial score (nSPS) is 35.4. The number of nitrogens with one attached hydrogen (secondary N) is 4. The highest BCUT2D eigenvalue weighted by Gasteiger charge is 2.46. The third-order valence-corrected chi connectivity index (χ3v) is 10.7. The molecule has 2 aromatic rings. The van der Waals surface area contributed by atoms with Gasteiger partial charge >= 0.3 is 6.18 Å². The molecule has 236 valence electrons. The van der Waals surface area contributed by atoms with Crippen LogP contribution < -0.4 is 20.7 Å². The van der Waals surface area contributed by atoms with E-state index in [4.69, 9.17) is 0 Å². The number of nitrogens with zero attached hydrogens (tertiary/aromatic N) is 3. The van der Waals surface area contributed by atoms with E-state index in [2.05, 4.69) is 49.4 Å². The highest BCUT2D eigenvalue weighted by Crippen LogP contribution is 2.42. The van der Waals surface area contributed by atoms with E-state index in [0.29, 0.717) is 24.0 Å². The molecule has 0 aliphatic carbocycles. The highest BCUT2D eigenvalue weighted by molar-refractivity contribution is 7.98. The number of rotatable bonds is 2. The summed E-state index contributed by atoms with van der Waals surface area (Å²) in [5.74, 6) is 0.291. The second-order valence-corrected chi connectivity index (χ2v) is 14.4. The first-order valence-corrected chi connectivity index (χ1v) is 16.5. The Hall–Kier alpha value is -1.83. The zero-order valence-corrected chi connectivity index (χ0v) is 25.7. The van der Waals surface area contributed by atoms with Gasteiger partial charge in [0.05, 0.1) is 41.2 Å². The van der Waals surface area contributed by atoms with E-state index in [1.54, 1.807) is 24.1 Å². The molecule has 7 nitrogen and oxygen atoms in total. The van der Waals surface area contributed by atoms with Gasteiger partial charge in [-0.25, -0.2) is 9.97 Å². The lowest BCUT2D eigenvalue weighted by Gasteiger charge is -2.47. The van der Waals surface area contributed by atoms with E-state index in [-0.39, 0.29) is 35.3 Å². The predicted molar refractivity (Wildman–Crippen MR) is 160 cm³/mol. The SMILES string of the molecule is CC1(C)C[C@@H]2CC[C@H](c3cccc(C(F)(F)F)n3)NC3CCCC(N3)SNCC3CCC(c4cccc(F)n4)NC3N1C2. The number of fused-ring (bicyclic) bond motifs is 6. The summed E-state index contributed by atoms with van der Waals surface area (Å²) < 4.78 is 58.5. The van der Waals surface area contributed by atoms with Gasteiger partial charge in [-0.15, -0.1) is 0 Å². The van der Waals surface area contributed by atoms with Crippen LogP contribution in [-0.2, 0) is 6.18 Å². The van der Waals surface area contributed by atoms with Crippen LogP contribution >= 0.6 is 11.9 Å². The van der Waals surface area contributed by atoms with Gasteiger partial charge in [0, 0.05) is 24.5 Å². The topological polar surface area (TPSA) is 77.1 Å². The van der Waals surface area contributed by atoms with E-state index in [1.807, 2.05) is 6.07 Å². The maximum absolute atomic E-state index is 14.0. The van der Waals surface area contributed by atoms with Crippen LogP contribution in [0, 0.1) is 17.8 Å². The molecule has 12 heteroatoms. The Labute approximate surface area is 255 Å². The van der Waals surface area contributed by atoms with E-state index in [0.717, 1.165) is 69.8 Å². The quantitative estimate of drug-likeness (QED) is 0.188. The lowest BCUT2D eigenvalue weighted by atomic mass is 9.87. The van der Waals surface area contributed by atoms with Crippen molar-refractivity contribution in [2.45, 2.75) is 107 Å². The first-order valence-electron chi connectivity index (χ1n) is 15.7. The molecule has 4 saturated heterocycles. The molecule has 4 bridgehead atoms. The largest absolute Gasteiger partial charge is 0.433 e. The van der Waals surface area contributed by atoms with Crippen molar-refractivity contribution < 1.29 is 17.6 Å². The molecule has 4 fully saturated rings. The van der Waals surface area contributed by atoms with E-state index >= 15 is 0 Å². The Morgan fingerprint density at radius 2 is 1.63 bits per heavy atom. The zero-order valence-electron chi connectivity index (χ0n) is 24.8. The number of aromatic nitrogens is 2. The first kappa shape index (κ1) is 31.2. The number of piperidine rings is 2. The average Bonchev–Trinajstić information content (AvgIpc) is 3.28. The average molecular weight is 622 g/mol. The fourth-order valence-electron chi connectivity index (χ4n) is 7.61. The minimum absolute atomic E-state index is 0.000315. The van der Waals surface area contributed by atoms with Gasteiger partial charge in [0.25, 0.3) is 0 Å². The van der Waals surface area contributed by atoms with Crippen LogP contribution in [0.3, 0.4) is 0 Å². The molecule has 0 amide bonds. The summed E-state index contributed by atoms with van der Waals surface area (Å²) in [6.45, 7) is 6.32. The van der Waals surface area contributed by atoms with Crippen molar-refractivity contribution in [2.75, 3.05) is 13.1 Å². The third-order valence-electron chi connectivity index (χ3n) is 9.70. The van der Waals surface area contributed by atoms with Crippen molar-refractivity contribution in [3.05, 3.63) is 59.4 Å². The van der Waals surface area contributed by atoms with Crippen LogP contribution in [0.2, 0.25) is 0 Å². The molecule has 0 aromatic carbocycles. The molecule has 0 radical (unpaired) electrons. The van der Waals surface area contributed by atoms with Crippen molar-refractivity contribution >= 4 is 11.9 Å². The van der Waals surface area contributed by atoms with Crippen molar-refractivity contribution in [3.8, 4) is 0 Å². The highest BCUT2D eigenvalue weighted by atomic mass is 32.2. The third kappa shape index (κ3) is 7.36. The number of hydrogen-bond acceptors (Lipinski definition) is 8. The number of hydrogen-bond donors (Lipinski definition) is 4. The molecule has 0 saturated carbocycles. The zero-order chi connectivity index (χ0) is 30.2. The minimum atomic E-state index is -4.48. The lowest BCUT2D eigenvalue weighted by Crippen LogP contribution is -2.60. The molecule has 4 N–H and O–H groups in total. The molecule has 6 unspecified atom stereocenters. The van der Waals surface area contributed by atoms with Crippen molar-refractivity contribution in [1.82, 2.24) is 35.5 Å². The predicted octanol–water partition coefficient (Wildman–Crippen LogP) is 5.89. The van der Waals surface area contributed by atoms with Crippen LogP contribution in [-0.4, -0.2) is 51.2 Å². The molecule has 43 heavy (non-hydrogen) atoms. The molecular formula is C31H43F4N7S. The second kappa shape index (κ2) is 12.9. The van der Waals surface area contributed by atoms with Crippen LogP contribution in [0.4, 0.5) is 17.6 Å². The second-order valence-electron chi connectivity index (χ2n) is 13.3. The number of pyridine rings is 2. The smallest absolute Gasteiger partial charge is 0.293 e. The lowest BCUT2D eigenvalue weighted by molar-refractivity contribution is -0.141. The Morgan fingerprint density at radius 1 is 0.884 bits per heavy atom. The van der Waals surface area contributed by atoms with Gasteiger partial charge in [0.15, 0.2) is 0 Å². The monoisotopic (exact) mass is 621 g/mol. The summed E-state index contributed by atoms with van der Waals surface area (Å²) in [6.07, 6.45) is 3.04. The molecule has 0 spiro atoms. The minimum Gasteiger partial charge on any atom is -0.293 e. The van der Waals surface area contributed by atoms with Gasteiger partial charge in [0.1, 0.15) is 5.69 Å². The van der Waals surface area contributed by atoms with Gasteiger partial charge in [-0.05, 0) is 95.4 Å². The van der Waals surface area contributed by atoms with E-state index in [9.17, 15) is 17.6 Å². The Morgan fingerprint density at radius 3 is 2.42 bits per heavy atom. The summed E-state index contributed by atoms with van der Waals surface area (Å²) >= 11 is 1.71. The van der Waals surface area contributed by atoms with Gasteiger partial charge in [0.2, 0.25) is 5.95 Å². The van der Waals surface area contributed by atoms with Crippen LogP contribution in [0.25, 0.3) is 0 Å². The molecular weight excluding hydrogens is 578 g/mol. The van der Waals surface area contributed by atoms with Gasteiger partial charge in [-0.1, -0.05) is 24.1 Å². The summed E-state index contributed by atoms with van der Waals surface area (Å²) in [4.78, 5) is 10.9. The fraction of sp³-hybridized carbons (Fsp3) is 0.677. The van der Waals surface area contributed by atoms with Gasteiger partial charge in [-0.3, -0.25) is 25.6 Å². The Kier molecular flexibility index (Phi) is 9.34. The van der Waals surface area contributed by atoms with Gasteiger partial charge < -0.3 is 0 Å². The molecule has 4 aliphatic rings. The molecule has 2 aromatic heterocycles. The molecule has 6 heterocycles. The van der Waals surface area contributed by atoms with E-state index < -0.39 is 17.8 Å². The molecule has 4 aliphatic heterocycles. The van der Waals surface area contributed by atoms with Crippen LogP contribution in [0.15, 0.2) is 36.4 Å². The maximum Gasteiger partial charge on any atom is 0.433 e. The fourth-order valence-corrected chi connectivity index (χ4v) is 8.64. The molecule has 8 atom stereocenters. The van der Waals surface area contributed by atoms with Crippen molar-refractivity contribution in [2.24, 2.45) is 11.8 Å². The summed E-state index contributed by atoms with van der Waals surface area (Å²) in [5.41, 5.74) is 0.270. The first-order chi connectivity index (χ1) is 20.5. The summed E-state index contributed by atoms with van der Waals surface area (Å²) in [7, 11) is 0. The number of alkyl halides is 3. The molecule has 6 rings (SSSR count). The van der Waals surface area contributed by atoms with Crippen LogP contribution in [0.1, 0.15) is 94.4 Å². The standard InChI is InChI=1S/C31H43F4N7S/c1-30(2)16-19-12-14-23(21-6-3-8-25(37-21)31(33,34)35)39-27-10-5-11-28(41-27)43-36-17-20-13-15-24(40-29(20)42(30)18-19)22-7-4-9-26(32)38-22/h3-4,6-9,19-20,23-24,27-29,36,39-41H,5,10-18H2,1-2H3/t19-,20?,23+,24?,27?,28?,29?/m0/s1.